The zero-order valence-electron chi connectivity index (χ0n) is 12.4. The highest BCUT2D eigenvalue weighted by Gasteiger charge is 2.08. The van der Waals surface area contributed by atoms with Gasteiger partial charge >= 0.3 is 0 Å². The van der Waals surface area contributed by atoms with E-state index in [1.807, 2.05) is 32.0 Å². The minimum atomic E-state index is -2.44. The van der Waals surface area contributed by atoms with E-state index in [9.17, 15) is 13.9 Å². The van der Waals surface area contributed by atoms with Crippen LogP contribution in [0.2, 0.25) is 0 Å². The van der Waals surface area contributed by atoms with Gasteiger partial charge in [-0.05, 0) is 25.0 Å². The number of nitrogens with one attached hydrogen (secondary N) is 1. The number of para-hydroxylation sites is 1. The minimum Gasteiger partial charge on any atom is -0.490 e. The molecule has 0 aliphatic heterocycles. The number of rotatable bonds is 10. The van der Waals surface area contributed by atoms with Gasteiger partial charge in [0.05, 0.1) is 6.61 Å². The predicted octanol–water partition coefficient (Wildman–Crippen LogP) is 1.91. The first-order valence-electron chi connectivity index (χ1n) is 6.94. The third-order valence-electron chi connectivity index (χ3n) is 2.88. The standard InChI is InChI=1S/C15H23F2NO3/c1-11-4-3-5-12(2)15(11)21-9-13(19)8-18-6-7-20-10-14(16)17/h3-5,13-14,18-19H,6-10H2,1-2H3. The van der Waals surface area contributed by atoms with Gasteiger partial charge in [-0.25, -0.2) is 8.78 Å². The molecule has 1 unspecified atom stereocenters. The van der Waals surface area contributed by atoms with E-state index in [0.29, 0.717) is 13.1 Å². The quantitative estimate of drug-likeness (QED) is 0.648. The SMILES string of the molecule is Cc1cccc(C)c1OCC(O)CNCCOCC(F)F. The second kappa shape index (κ2) is 9.65. The first kappa shape index (κ1) is 17.8. The molecule has 21 heavy (non-hydrogen) atoms. The molecule has 0 radical (unpaired) electrons. The third-order valence-corrected chi connectivity index (χ3v) is 2.88. The van der Waals surface area contributed by atoms with Crippen LogP contribution in [-0.2, 0) is 4.74 Å². The van der Waals surface area contributed by atoms with Crippen molar-refractivity contribution >= 4 is 0 Å². The lowest BCUT2D eigenvalue weighted by molar-refractivity contribution is 0.0176. The molecule has 0 saturated carbocycles. The van der Waals surface area contributed by atoms with Crippen LogP contribution in [0.5, 0.6) is 5.75 Å². The predicted molar refractivity (Wildman–Crippen MR) is 77.1 cm³/mol. The average molecular weight is 303 g/mol. The molecule has 0 bridgehead atoms. The number of aliphatic hydroxyl groups is 1. The highest BCUT2D eigenvalue weighted by molar-refractivity contribution is 5.39. The van der Waals surface area contributed by atoms with Gasteiger partial charge in [0.15, 0.2) is 0 Å². The fourth-order valence-corrected chi connectivity index (χ4v) is 1.85. The largest absolute Gasteiger partial charge is 0.490 e. The summed E-state index contributed by atoms with van der Waals surface area (Å²) in [6.45, 7) is 4.45. The van der Waals surface area contributed by atoms with E-state index in [1.165, 1.54) is 0 Å². The van der Waals surface area contributed by atoms with Crippen LogP contribution < -0.4 is 10.1 Å². The van der Waals surface area contributed by atoms with Crippen LogP contribution in [0, 0.1) is 13.8 Å². The maximum Gasteiger partial charge on any atom is 0.261 e. The Bertz CT molecular complexity index is 396. The van der Waals surface area contributed by atoms with Crippen LogP contribution in [0.3, 0.4) is 0 Å². The van der Waals surface area contributed by atoms with Gasteiger partial charge in [0, 0.05) is 13.1 Å². The highest BCUT2D eigenvalue weighted by atomic mass is 19.3. The lowest BCUT2D eigenvalue weighted by Crippen LogP contribution is -2.33. The maximum atomic E-state index is 11.8. The molecule has 2 N–H and O–H groups in total. The number of aryl methyl sites for hydroxylation is 2. The second-order valence-electron chi connectivity index (χ2n) is 4.86. The van der Waals surface area contributed by atoms with Gasteiger partial charge in [-0.15, -0.1) is 0 Å². The van der Waals surface area contributed by atoms with Crippen molar-refractivity contribution in [2.75, 3.05) is 32.9 Å². The minimum absolute atomic E-state index is 0.177. The van der Waals surface area contributed by atoms with Crippen molar-refractivity contribution in [3.63, 3.8) is 0 Å². The first-order chi connectivity index (χ1) is 10.0. The van der Waals surface area contributed by atoms with Crippen LogP contribution >= 0.6 is 0 Å². The van der Waals surface area contributed by atoms with Gasteiger partial charge < -0.3 is 19.9 Å². The smallest absolute Gasteiger partial charge is 0.261 e. The summed E-state index contributed by atoms with van der Waals surface area (Å²) in [5, 5.41) is 12.7. The summed E-state index contributed by atoms with van der Waals surface area (Å²) < 4.78 is 33.9. The molecule has 1 rings (SSSR count). The number of ether oxygens (including phenoxy) is 2. The van der Waals surface area contributed by atoms with Gasteiger partial charge in [-0.2, -0.15) is 0 Å². The Morgan fingerprint density at radius 2 is 1.86 bits per heavy atom. The number of aliphatic hydroxyl groups excluding tert-OH is 1. The number of hydrogen-bond donors (Lipinski definition) is 2. The fourth-order valence-electron chi connectivity index (χ4n) is 1.85. The maximum absolute atomic E-state index is 11.8. The van der Waals surface area contributed by atoms with Gasteiger partial charge in [0.2, 0.25) is 0 Å². The van der Waals surface area contributed by atoms with Gasteiger partial charge in [-0.1, -0.05) is 18.2 Å². The van der Waals surface area contributed by atoms with E-state index in [0.717, 1.165) is 16.9 Å². The number of hydrogen-bond acceptors (Lipinski definition) is 4. The summed E-state index contributed by atoms with van der Waals surface area (Å²) in [7, 11) is 0. The Labute approximate surface area is 124 Å². The molecule has 0 heterocycles. The van der Waals surface area contributed by atoms with Crippen molar-refractivity contribution in [2.24, 2.45) is 0 Å². The van der Waals surface area contributed by atoms with Crippen molar-refractivity contribution in [1.29, 1.82) is 0 Å². The topological polar surface area (TPSA) is 50.7 Å². The molecule has 6 heteroatoms. The summed E-state index contributed by atoms with van der Waals surface area (Å²) in [5.41, 5.74) is 2.05. The average Bonchev–Trinajstić information content (AvgIpc) is 2.41. The Morgan fingerprint density at radius 3 is 2.48 bits per heavy atom. The molecule has 0 amide bonds. The Hall–Kier alpha value is -1.24. The van der Waals surface area contributed by atoms with E-state index in [1.54, 1.807) is 0 Å². The molecule has 0 aliphatic carbocycles. The number of halogens is 2. The zero-order chi connectivity index (χ0) is 15.7. The molecular formula is C15H23F2NO3. The third kappa shape index (κ3) is 7.36. The molecular weight excluding hydrogens is 280 g/mol. The lowest BCUT2D eigenvalue weighted by Gasteiger charge is -2.16. The Balaban J connectivity index is 2.15. The molecule has 0 aliphatic rings. The molecule has 0 saturated heterocycles. The van der Waals surface area contributed by atoms with Gasteiger partial charge in [0.1, 0.15) is 25.1 Å². The van der Waals surface area contributed by atoms with Crippen molar-refractivity contribution in [3.05, 3.63) is 29.3 Å². The molecule has 0 spiro atoms. The van der Waals surface area contributed by atoms with Crippen LogP contribution in [0.4, 0.5) is 8.78 Å². The van der Waals surface area contributed by atoms with Gasteiger partial charge in [-0.3, -0.25) is 0 Å². The Morgan fingerprint density at radius 1 is 1.19 bits per heavy atom. The van der Waals surface area contributed by atoms with E-state index in [2.05, 4.69) is 5.32 Å². The molecule has 1 atom stereocenters. The fraction of sp³-hybridized carbons (Fsp3) is 0.600. The van der Waals surface area contributed by atoms with Crippen LogP contribution in [0.15, 0.2) is 18.2 Å². The molecule has 0 aromatic heterocycles. The number of benzene rings is 1. The molecule has 120 valence electrons. The Kier molecular flexibility index (Phi) is 8.19. The monoisotopic (exact) mass is 303 g/mol. The molecule has 0 fully saturated rings. The van der Waals surface area contributed by atoms with E-state index >= 15 is 0 Å². The molecule has 4 nitrogen and oxygen atoms in total. The van der Waals surface area contributed by atoms with E-state index < -0.39 is 19.1 Å². The summed E-state index contributed by atoms with van der Waals surface area (Å²) >= 11 is 0. The number of alkyl halides is 2. The van der Waals surface area contributed by atoms with Crippen LogP contribution in [0.25, 0.3) is 0 Å². The van der Waals surface area contributed by atoms with Crippen molar-refractivity contribution in [1.82, 2.24) is 5.32 Å². The summed E-state index contributed by atoms with van der Waals surface area (Å²) in [6, 6.07) is 5.86. The first-order valence-corrected chi connectivity index (χ1v) is 6.94. The highest BCUT2D eigenvalue weighted by Crippen LogP contribution is 2.22. The molecule has 1 aromatic carbocycles. The second-order valence-corrected chi connectivity index (χ2v) is 4.86. The summed E-state index contributed by atoms with van der Waals surface area (Å²) in [5.74, 6) is 0.789. The normalized spacial score (nSPS) is 12.7. The van der Waals surface area contributed by atoms with Crippen LogP contribution in [-0.4, -0.2) is 50.5 Å². The van der Waals surface area contributed by atoms with E-state index in [4.69, 9.17) is 9.47 Å². The van der Waals surface area contributed by atoms with E-state index in [-0.39, 0.29) is 13.2 Å². The van der Waals surface area contributed by atoms with Crippen molar-refractivity contribution in [2.45, 2.75) is 26.4 Å². The van der Waals surface area contributed by atoms with Crippen LogP contribution in [0.1, 0.15) is 11.1 Å². The van der Waals surface area contributed by atoms with Crippen molar-refractivity contribution < 1.29 is 23.4 Å². The summed E-state index contributed by atoms with van der Waals surface area (Å²) in [4.78, 5) is 0. The van der Waals surface area contributed by atoms with Gasteiger partial charge in [0.25, 0.3) is 6.43 Å². The lowest BCUT2D eigenvalue weighted by atomic mass is 10.1. The summed E-state index contributed by atoms with van der Waals surface area (Å²) in [6.07, 6.45) is -3.11. The molecule has 1 aromatic rings. The zero-order valence-corrected chi connectivity index (χ0v) is 12.4. The van der Waals surface area contributed by atoms with Crippen molar-refractivity contribution in [3.8, 4) is 5.75 Å².